The number of amides is 1. The number of carbonyl (C=O) groups excluding carboxylic acids is 1. The fourth-order valence-electron chi connectivity index (χ4n) is 3.36. The number of ether oxygens (including phenoxy) is 1. The molecule has 1 amide bonds. The molecule has 1 saturated heterocycles. The normalized spacial score (nSPS) is 17.9. The molecule has 2 atom stereocenters. The summed E-state index contributed by atoms with van der Waals surface area (Å²) in [6.45, 7) is 1.72. The second kappa shape index (κ2) is 9.66. The first-order valence-electron chi connectivity index (χ1n) is 9.33. The molecular weight excluding hydrogens is 376 g/mol. The van der Waals surface area contributed by atoms with Crippen molar-refractivity contribution in [2.45, 2.75) is 30.2 Å². The average Bonchev–Trinajstić information content (AvgIpc) is 3.12. The van der Waals surface area contributed by atoms with Gasteiger partial charge in [0.15, 0.2) is 11.0 Å². The van der Waals surface area contributed by atoms with Gasteiger partial charge in [-0.1, -0.05) is 12.1 Å². The molecule has 1 aromatic carbocycles. The first-order valence-corrected chi connectivity index (χ1v) is 10.5. The maximum atomic E-state index is 12.8. The van der Waals surface area contributed by atoms with Crippen LogP contribution < -0.4 is 14.8 Å². The lowest BCUT2D eigenvalue weighted by Gasteiger charge is -2.19. The molecule has 2 heterocycles. The van der Waals surface area contributed by atoms with Crippen molar-refractivity contribution >= 4 is 22.6 Å². The van der Waals surface area contributed by atoms with Crippen LogP contribution in [0.2, 0.25) is 0 Å². The Balaban J connectivity index is 1.64. The average molecular weight is 403 g/mol. The quantitative estimate of drug-likeness (QED) is 0.709. The number of anilines is 1. The standard InChI is InChI=1S/C20H26N4O3S/c1-24-11-5-6-16(24)9-10-22-20(25)18-7-3-4-8-19(18)28(26)23-15-12-17(27-2)14-21-13-15/h3-4,7-8,12-14,16,23H,5-6,9-11H2,1-2H3,(H,22,25). The maximum Gasteiger partial charge on any atom is 0.252 e. The minimum Gasteiger partial charge on any atom is -0.495 e. The van der Waals surface area contributed by atoms with E-state index in [2.05, 4.69) is 27.0 Å². The molecule has 0 spiro atoms. The summed E-state index contributed by atoms with van der Waals surface area (Å²) in [5, 5.41) is 2.96. The van der Waals surface area contributed by atoms with Crippen LogP contribution in [0.4, 0.5) is 5.69 Å². The highest BCUT2D eigenvalue weighted by molar-refractivity contribution is 7.86. The van der Waals surface area contributed by atoms with Crippen LogP contribution in [0.3, 0.4) is 0 Å². The van der Waals surface area contributed by atoms with E-state index in [1.54, 1.807) is 49.8 Å². The Morgan fingerprint density at radius 3 is 2.93 bits per heavy atom. The Morgan fingerprint density at radius 2 is 2.18 bits per heavy atom. The van der Waals surface area contributed by atoms with Gasteiger partial charge in [0.05, 0.1) is 35.6 Å². The molecule has 2 N–H and O–H groups in total. The van der Waals surface area contributed by atoms with Gasteiger partial charge in [-0.3, -0.25) is 14.5 Å². The monoisotopic (exact) mass is 402 g/mol. The van der Waals surface area contributed by atoms with E-state index in [0.717, 1.165) is 13.0 Å². The van der Waals surface area contributed by atoms with Gasteiger partial charge in [-0.15, -0.1) is 0 Å². The molecule has 0 bridgehead atoms. The van der Waals surface area contributed by atoms with Gasteiger partial charge in [-0.25, -0.2) is 4.21 Å². The zero-order valence-corrected chi connectivity index (χ0v) is 17.0. The largest absolute Gasteiger partial charge is 0.495 e. The van der Waals surface area contributed by atoms with Gasteiger partial charge < -0.3 is 15.0 Å². The molecule has 8 heteroatoms. The fraction of sp³-hybridized carbons (Fsp3) is 0.400. The molecule has 150 valence electrons. The van der Waals surface area contributed by atoms with E-state index in [4.69, 9.17) is 4.74 Å². The zero-order valence-electron chi connectivity index (χ0n) is 16.2. The van der Waals surface area contributed by atoms with Crippen molar-refractivity contribution in [1.82, 2.24) is 15.2 Å². The van der Waals surface area contributed by atoms with Crippen molar-refractivity contribution in [3.05, 3.63) is 48.3 Å². The number of nitrogens with one attached hydrogen (secondary N) is 2. The molecule has 1 aliphatic heterocycles. The lowest BCUT2D eigenvalue weighted by Crippen LogP contribution is -2.32. The van der Waals surface area contributed by atoms with Gasteiger partial charge in [0.1, 0.15) is 5.75 Å². The van der Waals surface area contributed by atoms with Gasteiger partial charge in [-0.2, -0.15) is 0 Å². The predicted molar refractivity (Wildman–Crippen MR) is 110 cm³/mol. The molecule has 0 radical (unpaired) electrons. The van der Waals surface area contributed by atoms with Crippen molar-refractivity contribution in [2.75, 3.05) is 32.0 Å². The Hall–Kier alpha value is -2.45. The van der Waals surface area contributed by atoms with Crippen molar-refractivity contribution in [3.63, 3.8) is 0 Å². The lowest BCUT2D eigenvalue weighted by molar-refractivity contribution is 0.0947. The smallest absolute Gasteiger partial charge is 0.252 e. The Morgan fingerprint density at radius 1 is 1.36 bits per heavy atom. The Kier molecular flexibility index (Phi) is 7.00. The van der Waals surface area contributed by atoms with Gasteiger partial charge in [0, 0.05) is 18.7 Å². The molecule has 1 aliphatic rings. The van der Waals surface area contributed by atoms with Crippen molar-refractivity contribution < 1.29 is 13.7 Å². The summed E-state index contributed by atoms with van der Waals surface area (Å²) in [6, 6.07) is 9.14. The van der Waals surface area contributed by atoms with Crippen LogP contribution in [0.1, 0.15) is 29.6 Å². The fourth-order valence-corrected chi connectivity index (χ4v) is 4.35. The zero-order chi connectivity index (χ0) is 19.9. The third kappa shape index (κ3) is 5.08. The summed E-state index contributed by atoms with van der Waals surface area (Å²) >= 11 is 0. The van der Waals surface area contributed by atoms with Crippen LogP contribution >= 0.6 is 0 Å². The minimum absolute atomic E-state index is 0.213. The first-order chi connectivity index (χ1) is 13.6. The Labute approximate surface area is 168 Å². The van der Waals surface area contributed by atoms with Crippen molar-refractivity contribution in [1.29, 1.82) is 0 Å². The maximum absolute atomic E-state index is 12.8. The summed E-state index contributed by atoms with van der Waals surface area (Å²) in [5.74, 6) is 0.347. The summed E-state index contributed by atoms with van der Waals surface area (Å²) in [6.07, 6.45) is 6.42. The number of pyridine rings is 1. The molecule has 2 unspecified atom stereocenters. The summed E-state index contributed by atoms with van der Waals surface area (Å²) < 4.78 is 20.8. The van der Waals surface area contributed by atoms with Crippen LogP contribution in [-0.4, -0.2) is 53.3 Å². The topological polar surface area (TPSA) is 83.6 Å². The van der Waals surface area contributed by atoms with Crippen LogP contribution in [0.25, 0.3) is 0 Å². The Bertz CT molecular complexity index is 846. The summed E-state index contributed by atoms with van der Waals surface area (Å²) in [7, 11) is 2.06. The molecule has 1 aromatic heterocycles. The number of nitrogens with zero attached hydrogens (tertiary/aromatic N) is 2. The number of rotatable bonds is 8. The highest BCUT2D eigenvalue weighted by Crippen LogP contribution is 2.20. The second-order valence-electron chi connectivity index (χ2n) is 6.80. The first kappa shape index (κ1) is 20.3. The predicted octanol–water partition coefficient (Wildman–Crippen LogP) is 2.44. The van der Waals surface area contributed by atoms with E-state index in [9.17, 15) is 9.00 Å². The minimum atomic E-state index is -1.60. The number of aromatic nitrogens is 1. The number of methoxy groups -OCH3 is 1. The van der Waals surface area contributed by atoms with E-state index in [0.29, 0.717) is 34.5 Å². The van der Waals surface area contributed by atoms with E-state index >= 15 is 0 Å². The third-order valence-corrected chi connectivity index (χ3v) is 6.10. The highest BCUT2D eigenvalue weighted by Gasteiger charge is 2.21. The number of carbonyl (C=O) groups is 1. The van der Waals surface area contributed by atoms with Crippen LogP contribution in [0.5, 0.6) is 5.75 Å². The third-order valence-electron chi connectivity index (χ3n) is 4.93. The van der Waals surface area contributed by atoms with Gasteiger partial charge in [-0.05, 0) is 45.0 Å². The molecule has 2 aromatic rings. The number of hydrogen-bond donors (Lipinski definition) is 2. The van der Waals surface area contributed by atoms with Gasteiger partial charge in [0.25, 0.3) is 5.91 Å². The number of likely N-dealkylation sites (tertiary alicyclic amines) is 1. The van der Waals surface area contributed by atoms with Crippen LogP contribution in [0, 0.1) is 0 Å². The van der Waals surface area contributed by atoms with Gasteiger partial charge in [0.2, 0.25) is 0 Å². The molecule has 7 nitrogen and oxygen atoms in total. The molecule has 1 fully saturated rings. The van der Waals surface area contributed by atoms with E-state index in [-0.39, 0.29) is 5.91 Å². The summed E-state index contributed by atoms with van der Waals surface area (Å²) in [5.41, 5.74) is 0.959. The highest BCUT2D eigenvalue weighted by atomic mass is 32.2. The van der Waals surface area contributed by atoms with Gasteiger partial charge >= 0.3 is 0 Å². The molecule has 28 heavy (non-hydrogen) atoms. The van der Waals surface area contributed by atoms with Crippen molar-refractivity contribution in [3.8, 4) is 5.75 Å². The lowest BCUT2D eigenvalue weighted by atomic mass is 10.1. The number of hydrogen-bond acceptors (Lipinski definition) is 5. The number of benzene rings is 1. The second-order valence-corrected chi connectivity index (χ2v) is 7.98. The molecule has 3 rings (SSSR count). The summed E-state index contributed by atoms with van der Waals surface area (Å²) in [4.78, 5) is 19.5. The molecule has 0 aliphatic carbocycles. The van der Waals surface area contributed by atoms with Crippen LogP contribution in [0.15, 0.2) is 47.6 Å². The van der Waals surface area contributed by atoms with E-state index in [1.807, 2.05) is 0 Å². The van der Waals surface area contributed by atoms with E-state index in [1.165, 1.54) is 12.8 Å². The van der Waals surface area contributed by atoms with E-state index < -0.39 is 11.0 Å². The molecular formula is C20H26N4O3S. The van der Waals surface area contributed by atoms with Crippen LogP contribution in [-0.2, 0) is 11.0 Å². The van der Waals surface area contributed by atoms with Crippen molar-refractivity contribution in [2.24, 2.45) is 0 Å². The SMILES string of the molecule is COc1cncc(NS(=O)c2ccccc2C(=O)NCCC2CCCN2C)c1. The molecule has 0 saturated carbocycles.